The molecule has 3 aromatic carbocycles. The first-order valence-electron chi connectivity index (χ1n) is 17.6. The lowest BCUT2D eigenvalue weighted by atomic mass is 9.85. The quantitative estimate of drug-likeness (QED) is 0.0399. The van der Waals surface area contributed by atoms with Crippen LogP contribution in [-0.2, 0) is 14.5 Å². The van der Waals surface area contributed by atoms with E-state index in [0.29, 0.717) is 19.8 Å². The van der Waals surface area contributed by atoms with Crippen molar-refractivity contribution in [2.45, 2.75) is 109 Å². The molecule has 3 aromatic rings. The molecule has 0 saturated heterocycles. The normalized spacial score (nSPS) is 12.1. The highest BCUT2D eigenvalue weighted by Crippen LogP contribution is 2.37. The molecule has 0 aliphatic heterocycles. The van der Waals surface area contributed by atoms with E-state index in [1.54, 1.807) is 0 Å². The van der Waals surface area contributed by atoms with Crippen LogP contribution in [0.4, 0.5) is 0 Å². The van der Waals surface area contributed by atoms with Crippen molar-refractivity contribution < 1.29 is 24.4 Å². The molecule has 1 atom stereocenters. The zero-order valence-electron chi connectivity index (χ0n) is 27.8. The Bertz CT molecular complexity index is 1050. The van der Waals surface area contributed by atoms with Gasteiger partial charge in [-0.15, -0.1) is 0 Å². The minimum absolute atomic E-state index is 0.0630. The molecule has 0 fully saturated rings. The largest absolute Gasteiger partial charge is 0.491 e. The van der Waals surface area contributed by atoms with E-state index in [9.17, 15) is 5.11 Å². The van der Waals surface area contributed by atoms with Gasteiger partial charge in [-0.25, -0.2) is 9.78 Å². The van der Waals surface area contributed by atoms with Gasteiger partial charge in [0, 0.05) is 11.5 Å². The molecule has 0 aliphatic rings. The van der Waals surface area contributed by atoms with Crippen LogP contribution < -0.4 is 4.74 Å². The van der Waals surface area contributed by atoms with Crippen molar-refractivity contribution >= 4 is 0 Å². The average molecular weight is 619 g/mol. The zero-order valence-corrected chi connectivity index (χ0v) is 27.8. The Morgan fingerprint density at radius 2 is 1.02 bits per heavy atom. The lowest BCUT2D eigenvalue weighted by molar-refractivity contribution is -0.307. The van der Waals surface area contributed by atoms with Gasteiger partial charge in [0.25, 0.3) is 0 Å². The summed E-state index contributed by atoms with van der Waals surface area (Å²) in [5.41, 5.74) is 3.54. The van der Waals surface area contributed by atoms with Crippen LogP contribution in [0.1, 0.15) is 119 Å². The molecule has 0 amide bonds. The zero-order chi connectivity index (χ0) is 31.6. The second-order valence-corrected chi connectivity index (χ2v) is 12.1. The molecular weight excluding hydrogens is 560 g/mol. The van der Waals surface area contributed by atoms with E-state index in [-0.39, 0.29) is 19.1 Å². The van der Waals surface area contributed by atoms with Crippen LogP contribution in [0.3, 0.4) is 0 Å². The number of aliphatic hydroxyl groups excluding tert-OH is 1. The molecule has 5 nitrogen and oxygen atoms in total. The van der Waals surface area contributed by atoms with Gasteiger partial charge >= 0.3 is 0 Å². The van der Waals surface area contributed by atoms with Crippen LogP contribution >= 0.6 is 0 Å². The van der Waals surface area contributed by atoms with Gasteiger partial charge < -0.3 is 14.6 Å². The second kappa shape index (κ2) is 24.5. The highest BCUT2D eigenvalue weighted by atomic mass is 17.2. The molecular formula is C40H58O5. The lowest BCUT2D eigenvalue weighted by Crippen LogP contribution is -2.23. The first kappa shape index (κ1) is 36.8. The Morgan fingerprint density at radius 1 is 0.511 bits per heavy atom. The first-order valence-corrected chi connectivity index (χ1v) is 17.6. The molecule has 0 aromatic heterocycles. The predicted molar refractivity (Wildman–Crippen MR) is 185 cm³/mol. The predicted octanol–water partition coefficient (Wildman–Crippen LogP) is 10.1. The van der Waals surface area contributed by atoms with E-state index < -0.39 is 6.10 Å². The monoisotopic (exact) mass is 618 g/mol. The van der Waals surface area contributed by atoms with Crippen LogP contribution in [0, 0.1) is 0 Å². The number of para-hydroxylation sites is 1. The fraction of sp³-hybridized carbons (Fsp3) is 0.550. The summed E-state index contributed by atoms with van der Waals surface area (Å²) in [4.78, 5) is 10.5. The van der Waals surface area contributed by atoms with Gasteiger partial charge in [-0.05, 0) is 23.6 Å². The molecule has 0 bridgehead atoms. The third-order valence-electron chi connectivity index (χ3n) is 8.22. The van der Waals surface area contributed by atoms with Gasteiger partial charge in [0.05, 0.1) is 19.8 Å². The van der Waals surface area contributed by atoms with Crippen molar-refractivity contribution in [1.29, 1.82) is 0 Å². The topological polar surface area (TPSA) is 57.2 Å². The van der Waals surface area contributed by atoms with Gasteiger partial charge in [-0.2, -0.15) is 0 Å². The number of ether oxygens (including phenoxy) is 2. The first-order chi connectivity index (χ1) is 22.3. The molecule has 0 saturated carbocycles. The standard InChI is InChI=1S/C40H58O5/c1-2-3-4-5-6-7-8-9-10-11-12-13-14-23-30-44-45-34-37(41)33-42-31-32-43-39-29-22-21-28-38(39)40(35-24-17-15-18-25-35)36-26-19-16-20-27-36/h15-22,24-29,37,40-41H,2-14,23,30-34H2,1H3. The summed E-state index contributed by atoms with van der Waals surface area (Å²) in [6, 6.07) is 29.2. The summed E-state index contributed by atoms with van der Waals surface area (Å²) in [6.45, 7) is 3.86. The maximum atomic E-state index is 10.2. The summed E-state index contributed by atoms with van der Waals surface area (Å²) in [7, 11) is 0. The van der Waals surface area contributed by atoms with E-state index in [2.05, 4.69) is 67.6 Å². The van der Waals surface area contributed by atoms with Crippen LogP contribution in [0.5, 0.6) is 5.75 Å². The van der Waals surface area contributed by atoms with Crippen molar-refractivity contribution in [2.75, 3.05) is 33.0 Å². The molecule has 1 unspecified atom stereocenters. The summed E-state index contributed by atoms with van der Waals surface area (Å²) >= 11 is 0. The SMILES string of the molecule is CCCCCCCCCCCCCCCCOOCC(O)COCCOc1ccccc1C(c1ccccc1)c1ccccc1. The second-order valence-electron chi connectivity index (χ2n) is 12.1. The summed E-state index contributed by atoms with van der Waals surface area (Å²) in [5.74, 6) is 0.896. The fourth-order valence-corrected chi connectivity index (χ4v) is 5.71. The summed E-state index contributed by atoms with van der Waals surface area (Å²) in [6.07, 6.45) is 17.9. The number of aliphatic hydroxyl groups is 1. The van der Waals surface area contributed by atoms with E-state index in [4.69, 9.17) is 19.2 Å². The van der Waals surface area contributed by atoms with Gasteiger partial charge in [0.1, 0.15) is 25.1 Å². The molecule has 5 heteroatoms. The third-order valence-corrected chi connectivity index (χ3v) is 8.22. The Balaban J connectivity index is 1.20. The Hall–Kier alpha value is -2.70. The van der Waals surface area contributed by atoms with Crippen molar-refractivity contribution in [2.24, 2.45) is 0 Å². The molecule has 0 radical (unpaired) electrons. The van der Waals surface area contributed by atoms with Gasteiger partial charge in [0.15, 0.2) is 0 Å². The van der Waals surface area contributed by atoms with E-state index in [0.717, 1.165) is 24.2 Å². The molecule has 0 aliphatic carbocycles. The maximum Gasteiger partial charge on any atom is 0.123 e. The summed E-state index contributed by atoms with van der Waals surface area (Å²) in [5, 5.41) is 10.2. The number of benzene rings is 3. The van der Waals surface area contributed by atoms with Gasteiger partial charge in [-0.3, -0.25) is 0 Å². The number of unbranched alkanes of at least 4 members (excludes halogenated alkanes) is 13. The Labute approximate surface area is 273 Å². The maximum absolute atomic E-state index is 10.2. The highest BCUT2D eigenvalue weighted by molar-refractivity contribution is 5.48. The molecule has 3 rings (SSSR count). The van der Waals surface area contributed by atoms with Crippen molar-refractivity contribution in [3.05, 3.63) is 102 Å². The number of hydrogen-bond donors (Lipinski definition) is 1. The average Bonchev–Trinajstić information content (AvgIpc) is 3.08. The Morgan fingerprint density at radius 3 is 1.60 bits per heavy atom. The van der Waals surface area contributed by atoms with Crippen molar-refractivity contribution in [1.82, 2.24) is 0 Å². The number of rotatable bonds is 27. The van der Waals surface area contributed by atoms with Crippen molar-refractivity contribution in [3.8, 4) is 5.75 Å². The lowest BCUT2D eigenvalue weighted by Gasteiger charge is -2.22. The number of hydrogen-bond acceptors (Lipinski definition) is 5. The molecule has 0 spiro atoms. The minimum atomic E-state index is -0.742. The van der Waals surface area contributed by atoms with Crippen LogP contribution in [0.25, 0.3) is 0 Å². The minimum Gasteiger partial charge on any atom is -0.491 e. The van der Waals surface area contributed by atoms with Crippen LogP contribution in [-0.4, -0.2) is 44.2 Å². The third kappa shape index (κ3) is 15.9. The summed E-state index contributed by atoms with van der Waals surface area (Å²) < 4.78 is 11.8. The Kier molecular flexibility index (Phi) is 20.0. The van der Waals surface area contributed by atoms with Crippen molar-refractivity contribution in [3.63, 3.8) is 0 Å². The van der Waals surface area contributed by atoms with Gasteiger partial charge in [0.2, 0.25) is 0 Å². The van der Waals surface area contributed by atoms with E-state index in [1.807, 2.05) is 24.3 Å². The van der Waals surface area contributed by atoms with E-state index in [1.165, 1.54) is 88.2 Å². The molecule has 45 heavy (non-hydrogen) atoms. The fourth-order valence-electron chi connectivity index (χ4n) is 5.71. The molecule has 0 heterocycles. The molecule has 1 N–H and O–H groups in total. The van der Waals surface area contributed by atoms with E-state index >= 15 is 0 Å². The smallest absolute Gasteiger partial charge is 0.123 e. The van der Waals surface area contributed by atoms with Crippen LogP contribution in [0.2, 0.25) is 0 Å². The van der Waals surface area contributed by atoms with Crippen LogP contribution in [0.15, 0.2) is 84.9 Å². The molecule has 248 valence electrons. The van der Waals surface area contributed by atoms with Gasteiger partial charge in [-0.1, -0.05) is 169 Å². The highest BCUT2D eigenvalue weighted by Gasteiger charge is 2.20.